The molecule has 5 rings (SSSR count). The molecule has 0 spiro atoms. The van der Waals surface area contributed by atoms with E-state index in [1.807, 2.05) is 60.7 Å². The molecule has 1 atom stereocenters. The maximum atomic E-state index is 13.6. The Morgan fingerprint density at radius 1 is 1.02 bits per heavy atom. The predicted octanol–water partition coefficient (Wildman–Crippen LogP) is 9.79. The predicted molar refractivity (Wildman–Crippen MR) is 168 cm³/mol. The van der Waals surface area contributed by atoms with Gasteiger partial charge in [-0.15, -0.1) is 11.3 Å². The van der Waals surface area contributed by atoms with Crippen LogP contribution in [0.2, 0.25) is 10.0 Å². The van der Waals surface area contributed by atoms with Gasteiger partial charge < -0.3 is 10.1 Å². The van der Waals surface area contributed by atoms with Crippen molar-refractivity contribution in [2.75, 3.05) is 5.32 Å². The zero-order chi connectivity index (χ0) is 28.3. The molecule has 206 valence electrons. The van der Waals surface area contributed by atoms with Crippen molar-refractivity contribution in [1.29, 1.82) is 0 Å². The largest absolute Gasteiger partial charge is 0.488 e. The molecule has 0 bridgehead atoms. The summed E-state index contributed by atoms with van der Waals surface area (Å²) in [6.07, 6.45) is 4.68. The first kappa shape index (κ1) is 28.4. The summed E-state index contributed by atoms with van der Waals surface area (Å²) in [6, 6.07) is 22.6. The number of ether oxygens (including phenoxy) is 1. The Labute approximate surface area is 250 Å². The third-order valence-electron chi connectivity index (χ3n) is 7.35. The average Bonchev–Trinajstić information content (AvgIpc) is 3.30. The van der Waals surface area contributed by atoms with E-state index in [4.69, 9.17) is 32.9 Å². The summed E-state index contributed by atoms with van der Waals surface area (Å²) in [5.41, 5.74) is 4.57. The molecule has 4 nitrogen and oxygen atoms in total. The summed E-state index contributed by atoms with van der Waals surface area (Å²) in [6.45, 7) is 7.30. The first-order chi connectivity index (χ1) is 19.2. The Morgan fingerprint density at radius 3 is 2.40 bits per heavy atom. The highest BCUT2D eigenvalue weighted by Gasteiger charge is 2.33. The lowest BCUT2D eigenvalue weighted by molar-refractivity contribution is 0.102. The number of hydrogen-bond donors (Lipinski definition) is 1. The fraction of sp³-hybridized carbons (Fsp3) is 0.273. The summed E-state index contributed by atoms with van der Waals surface area (Å²) in [4.78, 5) is 19.8. The zero-order valence-electron chi connectivity index (χ0n) is 22.8. The van der Waals surface area contributed by atoms with E-state index in [2.05, 4.69) is 26.1 Å². The minimum absolute atomic E-state index is 0.145. The van der Waals surface area contributed by atoms with Crippen molar-refractivity contribution < 1.29 is 9.53 Å². The standard InChI is InChI=1S/C33H32Cl2N2O2S/c1-33(2,3)23-10-17-27-29(18-23)40-32(30(27)31(38)37-26-15-13-25(35)14-16-26)36-19-22-6-4-5-7-28(22)39-20-21-8-11-24(34)12-9-21/h4-9,11-16,19,23H,10,17-18,20H2,1-3H3,(H,37,38)/t23-/m1/s1. The number of anilines is 1. The number of thiophene rings is 1. The Bertz CT molecular complexity index is 1520. The molecular formula is C33H32Cl2N2O2S. The summed E-state index contributed by atoms with van der Waals surface area (Å²) in [5.74, 6) is 1.14. The molecule has 1 aliphatic carbocycles. The Morgan fingerprint density at radius 2 is 1.70 bits per heavy atom. The molecule has 0 aliphatic heterocycles. The maximum Gasteiger partial charge on any atom is 0.259 e. The Hall–Kier alpha value is -3.12. The second-order valence-corrected chi connectivity index (χ2v) is 13.1. The molecule has 1 heterocycles. The minimum Gasteiger partial charge on any atom is -0.488 e. The number of nitrogens with zero attached hydrogens (tertiary/aromatic N) is 1. The number of rotatable bonds is 7. The highest BCUT2D eigenvalue weighted by Crippen LogP contribution is 2.45. The lowest BCUT2D eigenvalue weighted by Crippen LogP contribution is -2.27. The number of para-hydroxylation sites is 1. The monoisotopic (exact) mass is 590 g/mol. The second kappa shape index (κ2) is 12.2. The van der Waals surface area contributed by atoms with E-state index in [0.29, 0.717) is 33.8 Å². The molecule has 40 heavy (non-hydrogen) atoms. The molecule has 4 aromatic rings. The van der Waals surface area contributed by atoms with E-state index in [0.717, 1.165) is 46.7 Å². The molecule has 3 aromatic carbocycles. The Balaban J connectivity index is 1.44. The summed E-state index contributed by atoms with van der Waals surface area (Å²) in [7, 11) is 0. The van der Waals surface area contributed by atoms with E-state index < -0.39 is 0 Å². The van der Waals surface area contributed by atoms with Crippen LogP contribution >= 0.6 is 34.5 Å². The average molecular weight is 592 g/mol. The lowest BCUT2D eigenvalue weighted by atomic mass is 9.72. The van der Waals surface area contributed by atoms with Gasteiger partial charge >= 0.3 is 0 Å². The van der Waals surface area contributed by atoms with Gasteiger partial charge in [0.2, 0.25) is 0 Å². The SMILES string of the molecule is CC(C)(C)[C@@H]1CCc2c(sc(N=Cc3ccccc3OCc3ccc(Cl)cc3)c2C(=O)Nc2ccc(Cl)cc2)C1. The number of aliphatic imine (C=N–C) groups is 1. The molecule has 0 fully saturated rings. The maximum absolute atomic E-state index is 13.6. The van der Waals surface area contributed by atoms with Crippen molar-refractivity contribution in [3.8, 4) is 5.75 Å². The summed E-state index contributed by atoms with van der Waals surface area (Å²) >= 11 is 13.7. The molecule has 0 unspecified atom stereocenters. The highest BCUT2D eigenvalue weighted by molar-refractivity contribution is 7.16. The number of benzene rings is 3. The zero-order valence-corrected chi connectivity index (χ0v) is 25.2. The van der Waals surface area contributed by atoms with Gasteiger partial charge in [0.05, 0.1) is 5.56 Å². The van der Waals surface area contributed by atoms with Crippen LogP contribution < -0.4 is 10.1 Å². The van der Waals surface area contributed by atoms with Crippen molar-refractivity contribution >= 4 is 57.3 Å². The number of hydrogen-bond acceptors (Lipinski definition) is 4. The third-order valence-corrected chi connectivity index (χ3v) is 9.01. The van der Waals surface area contributed by atoms with Crippen LogP contribution in [0.1, 0.15) is 59.1 Å². The minimum atomic E-state index is -0.145. The fourth-order valence-electron chi connectivity index (χ4n) is 4.95. The van der Waals surface area contributed by atoms with Gasteiger partial charge in [0.25, 0.3) is 5.91 Å². The van der Waals surface area contributed by atoms with E-state index in [1.165, 1.54) is 4.88 Å². The van der Waals surface area contributed by atoms with E-state index in [-0.39, 0.29) is 11.3 Å². The fourth-order valence-corrected chi connectivity index (χ4v) is 6.47. The van der Waals surface area contributed by atoms with Gasteiger partial charge in [-0.25, -0.2) is 4.99 Å². The van der Waals surface area contributed by atoms with Gasteiger partial charge in [0, 0.05) is 32.4 Å². The molecule has 0 radical (unpaired) electrons. The quantitative estimate of drug-likeness (QED) is 0.218. The van der Waals surface area contributed by atoms with Gasteiger partial charge in [0.15, 0.2) is 0 Å². The molecule has 1 aliphatic rings. The van der Waals surface area contributed by atoms with Gasteiger partial charge in [-0.2, -0.15) is 0 Å². The number of halogens is 2. The van der Waals surface area contributed by atoms with Crippen molar-refractivity contribution in [2.45, 2.75) is 46.6 Å². The van der Waals surface area contributed by atoms with Crippen LogP contribution in [0.25, 0.3) is 0 Å². The topological polar surface area (TPSA) is 50.7 Å². The van der Waals surface area contributed by atoms with Crippen LogP contribution in [-0.2, 0) is 19.4 Å². The molecule has 1 aromatic heterocycles. The van der Waals surface area contributed by atoms with Gasteiger partial charge in [0.1, 0.15) is 17.4 Å². The van der Waals surface area contributed by atoms with Crippen LogP contribution in [0.4, 0.5) is 10.7 Å². The van der Waals surface area contributed by atoms with Crippen molar-refractivity contribution in [2.24, 2.45) is 16.3 Å². The Kier molecular flexibility index (Phi) is 8.65. The summed E-state index contributed by atoms with van der Waals surface area (Å²) < 4.78 is 6.13. The lowest BCUT2D eigenvalue weighted by Gasteiger charge is -2.33. The van der Waals surface area contributed by atoms with Crippen LogP contribution in [0, 0.1) is 11.3 Å². The smallest absolute Gasteiger partial charge is 0.259 e. The van der Waals surface area contributed by atoms with Crippen LogP contribution in [0.5, 0.6) is 5.75 Å². The molecular weight excluding hydrogens is 559 g/mol. The first-order valence-electron chi connectivity index (χ1n) is 13.4. The second-order valence-electron chi connectivity index (χ2n) is 11.2. The third kappa shape index (κ3) is 6.77. The number of carbonyl (C=O) groups is 1. The number of amides is 1. The van der Waals surface area contributed by atoms with Gasteiger partial charge in [-0.1, -0.05) is 68.2 Å². The molecule has 0 saturated carbocycles. The first-order valence-corrected chi connectivity index (χ1v) is 15.0. The van der Waals surface area contributed by atoms with E-state index in [9.17, 15) is 4.79 Å². The van der Waals surface area contributed by atoms with Gasteiger partial charge in [-0.3, -0.25) is 4.79 Å². The highest BCUT2D eigenvalue weighted by atomic mass is 35.5. The van der Waals surface area contributed by atoms with Crippen molar-refractivity contribution in [3.63, 3.8) is 0 Å². The molecule has 0 saturated heterocycles. The normalized spacial score (nSPS) is 15.2. The van der Waals surface area contributed by atoms with Crippen LogP contribution in [0.15, 0.2) is 77.8 Å². The van der Waals surface area contributed by atoms with Crippen molar-refractivity contribution in [1.82, 2.24) is 0 Å². The number of fused-ring (bicyclic) bond motifs is 1. The van der Waals surface area contributed by atoms with E-state index >= 15 is 0 Å². The van der Waals surface area contributed by atoms with Crippen molar-refractivity contribution in [3.05, 3.63) is 110 Å². The van der Waals surface area contributed by atoms with Crippen LogP contribution in [-0.4, -0.2) is 12.1 Å². The summed E-state index contributed by atoms with van der Waals surface area (Å²) in [5, 5.41) is 5.10. The van der Waals surface area contributed by atoms with Crippen LogP contribution in [0.3, 0.4) is 0 Å². The molecule has 1 amide bonds. The number of nitrogens with one attached hydrogen (secondary N) is 1. The molecule has 1 N–H and O–H groups in total. The van der Waals surface area contributed by atoms with E-state index in [1.54, 1.807) is 29.7 Å². The molecule has 7 heteroatoms. The number of carbonyl (C=O) groups excluding carboxylic acids is 1. The van der Waals surface area contributed by atoms with Gasteiger partial charge in [-0.05, 0) is 90.3 Å².